The van der Waals surface area contributed by atoms with Crippen LogP contribution in [0.1, 0.15) is 11.1 Å². The van der Waals surface area contributed by atoms with Gasteiger partial charge < -0.3 is 4.84 Å². The van der Waals surface area contributed by atoms with Gasteiger partial charge in [0.15, 0.2) is 5.71 Å². The van der Waals surface area contributed by atoms with Crippen LogP contribution >= 0.6 is 23.2 Å². The van der Waals surface area contributed by atoms with Gasteiger partial charge in [-0.3, -0.25) is 4.79 Å². The number of rotatable bonds is 4. The van der Waals surface area contributed by atoms with Gasteiger partial charge in [-0.05, 0) is 17.2 Å². The molecule has 15 heavy (non-hydrogen) atoms. The van der Waals surface area contributed by atoms with Crippen molar-refractivity contribution in [1.82, 2.24) is 0 Å². The number of carbonyl (C=O) groups excluding carboxylic acids is 1. The highest BCUT2D eigenvalue weighted by Crippen LogP contribution is 2.14. The number of hydrogen-bond acceptors (Lipinski definition) is 3. The fourth-order valence-electron chi connectivity index (χ4n) is 1.15. The van der Waals surface area contributed by atoms with Crippen LogP contribution in [-0.4, -0.2) is 18.1 Å². The van der Waals surface area contributed by atoms with E-state index < -0.39 is 5.24 Å². The molecule has 0 aromatic heterocycles. The summed E-state index contributed by atoms with van der Waals surface area (Å²) in [5.41, 5.74) is 1.44. The van der Waals surface area contributed by atoms with Crippen LogP contribution in [0.2, 0.25) is 0 Å². The Labute approximate surface area is 97.6 Å². The first-order valence-corrected chi connectivity index (χ1v) is 5.07. The summed E-state index contributed by atoms with van der Waals surface area (Å²) in [5, 5.41) is 2.91. The predicted molar refractivity (Wildman–Crippen MR) is 60.4 cm³/mol. The molecule has 0 unspecified atom stereocenters. The average molecular weight is 246 g/mol. The van der Waals surface area contributed by atoms with Crippen LogP contribution in [0.3, 0.4) is 0 Å². The molecule has 0 amide bonds. The van der Waals surface area contributed by atoms with Crippen LogP contribution < -0.4 is 0 Å². The van der Waals surface area contributed by atoms with Crippen molar-refractivity contribution in [3.8, 4) is 0 Å². The number of carbonyl (C=O) groups is 1. The van der Waals surface area contributed by atoms with Crippen molar-refractivity contribution in [1.29, 1.82) is 0 Å². The van der Waals surface area contributed by atoms with Crippen LogP contribution in [0, 0.1) is 0 Å². The van der Waals surface area contributed by atoms with E-state index in [0.717, 1.165) is 5.56 Å². The van der Waals surface area contributed by atoms with E-state index in [1.165, 1.54) is 7.11 Å². The Hall–Kier alpha value is -1.06. The molecule has 0 fully saturated rings. The van der Waals surface area contributed by atoms with Crippen molar-refractivity contribution in [2.24, 2.45) is 5.16 Å². The molecular formula is C10H9Cl2NO2. The maximum atomic E-state index is 11.1. The molecule has 1 aromatic rings. The Kier molecular flexibility index (Phi) is 4.59. The van der Waals surface area contributed by atoms with Gasteiger partial charge in [0, 0.05) is 11.4 Å². The summed E-state index contributed by atoms with van der Waals surface area (Å²) in [7, 11) is 1.35. The van der Waals surface area contributed by atoms with Crippen LogP contribution in [0.5, 0.6) is 0 Å². The molecule has 3 nitrogen and oxygen atoms in total. The Morgan fingerprint density at radius 2 is 2.13 bits per heavy atom. The molecule has 80 valence electrons. The minimum atomic E-state index is -0.672. The molecule has 5 heteroatoms. The molecule has 0 N–H and O–H groups in total. The number of benzene rings is 1. The maximum Gasteiger partial charge on any atom is 0.274 e. The van der Waals surface area contributed by atoms with Crippen molar-refractivity contribution in [2.45, 2.75) is 5.88 Å². The topological polar surface area (TPSA) is 38.7 Å². The summed E-state index contributed by atoms with van der Waals surface area (Å²) in [6.45, 7) is 0. The Bertz CT molecular complexity index is 391. The van der Waals surface area contributed by atoms with Crippen molar-refractivity contribution in [3.63, 3.8) is 0 Å². The van der Waals surface area contributed by atoms with Gasteiger partial charge in [0.25, 0.3) is 5.24 Å². The summed E-state index contributed by atoms with van der Waals surface area (Å²) in [6.07, 6.45) is 0. The number of oxime groups is 1. The Balaban J connectivity index is 3.22. The predicted octanol–water partition coefficient (Wildman–Crippen LogP) is 2.54. The van der Waals surface area contributed by atoms with E-state index in [4.69, 9.17) is 23.2 Å². The minimum Gasteiger partial charge on any atom is -0.398 e. The number of hydrogen-bond donors (Lipinski definition) is 0. The first-order valence-electron chi connectivity index (χ1n) is 4.16. The molecule has 0 radical (unpaired) electrons. The fourth-order valence-corrected chi connectivity index (χ4v) is 1.52. The van der Waals surface area contributed by atoms with Gasteiger partial charge in [-0.1, -0.05) is 29.4 Å². The van der Waals surface area contributed by atoms with Gasteiger partial charge in [-0.25, -0.2) is 0 Å². The van der Waals surface area contributed by atoms with Crippen LogP contribution in [0.4, 0.5) is 0 Å². The molecule has 0 aliphatic carbocycles. The lowest BCUT2D eigenvalue weighted by Gasteiger charge is -2.05. The van der Waals surface area contributed by atoms with E-state index in [1.807, 2.05) is 6.07 Å². The quantitative estimate of drug-likeness (QED) is 0.354. The summed E-state index contributed by atoms with van der Waals surface area (Å²) in [5.74, 6) is 0.281. The second-order valence-corrected chi connectivity index (χ2v) is 3.30. The average Bonchev–Trinajstić information content (AvgIpc) is 2.25. The molecule has 0 aliphatic rings. The van der Waals surface area contributed by atoms with Gasteiger partial charge in [0.2, 0.25) is 0 Å². The zero-order chi connectivity index (χ0) is 11.3. The first-order chi connectivity index (χ1) is 7.20. The normalized spacial score (nSPS) is 11.3. The molecule has 0 aliphatic heterocycles. The van der Waals surface area contributed by atoms with Gasteiger partial charge in [0.05, 0.1) is 0 Å². The third-order valence-electron chi connectivity index (χ3n) is 1.79. The molecule has 0 bridgehead atoms. The SMILES string of the molecule is CON=C(C(=O)Cl)c1ccccc1CCl. The Morgan fingerprint density at radius 1 is 1.47 bits per heavy atom. The molecule has 0 spiro atoms. The molecule has 0 saturated carbocycles. The molecule has 1 rings (SSSR count). The van der Waals surface area contributed by atoms with Crippen LogP contribution in [0.25, 0.3) is 0 Å². The van der Waals surface area contributed by atoms with E-state index in [0.29, 0.717) is 5.56 Å². The highest BCUT2D eigenvalue weighted by atomic mass is 35.5. The highest BCUT2D eigenvalue weighted by Gasteiger charge is 2.15. The second-order valence-electron chi connectivity index (χ2n) is 2.69. The molecule has 0 saturated heterocycles. The fraction of sp³-hybridized carbons (Fsp3) is 0.200. The van der Waals surface area contributed by atoms with E-state index in [2.05, 4.69) is 9.99 Å². The smallest absolute Gasteiger partial charge is 0.274 e. The van der Waals surface area contributed by atoms with E-state index in [9.17, 15) is 4.79 Å². The van der Waals surface area contributed by atoms with Crippen molar-refractivity contribution >= 4 is 34.2 Å². The lowest BCUT2D eigenvalue weighted by atomic mass is 10.1. The maximum absolute atomic E-state index is 11.1. The number of nitrogens with zero attached hydrogens (tertiary/aromatic N) is 1. The van der Waals surface area contributed by atoms with Gasteiger partial charge in [-0.15, -0.1) is 11.6 Å². The summed E-state index contributed by atoms with van der Waals surface area (Å²) >= 11 is 11.1. The second kappa shape index (κ2) is 5.73. The van der Waals surface area contributed by atoms with Gasteiger partial charge >= 0.3 is 0 Å². The van der Waals surface area contributed by atoms with E-state index in [-0.39, 0.29) is 11.6 Å². The van der Waals surface area contributed by atoms with Gasteiger partial charge in [-0.2, -0.15) is 0 Å². The Morgan fingerprint density at radius 3 is 2.67 bits per heavy atom. The standard InChI is InChI=1S/C10H9Cl2NO2/c1-15-13-9(10(12)14)8-5-3-2-4-7(8)6-11/h2-5H,6H2,1H3. The molecule has 0 atom stereocenters. The molecule has 1 aromatic carbocycles. The molecular weight excluding hydrogens is 237 g/mol. The zero-order valence-corrected chi connectivity index (χ0v) is 9.55. The highest BCUT2D eigenvalue weighted by molar-refractivity contribution is 6.84. The lowest BCUT2D eigenvalue weighted by Crippen LogP contribution is -2.12. The van der Waals surface area contributed by atoms with E-state index in [1.54, 1.807) is 18.2 Å². The summed E-state index contributed by atoms with van der Waals surface area (Å²) in [6, 6.07) is 7.12. The zero-order valence-electron chi connectivity index (χ0n) is 8.04. The monoisotopic (exact) mass is 245 g/mol. The number of halogens is 2. The third kappa shape index (κ3) is 2.94. The first kappa shape index (κ1) is 12.0. The lowest BCUT2D eigenvalue weighted by molar-refractivity contribution is -0.106. The van der Waals surface area contributed by atoms with Crippen molar-refractivity contribution < 1.29 is 9.63 Å². The van der Waals surface area contributed by atoms with Crippen LogP contribution in [0.15, 0.2) is 29.4 Å². The largest absolute Gasteiger partial charge is 0.398 e. The van der Waals surface area contributed by atoms with Crippen molar-refractivity contribution in [3.05, 3.63) is 35.4 Å². The van der Waals surface area contributed by atoms with E-state index >= 15 is 0 Å². The molecule has 0 heterocycles. The van der Waals surface area contributed by atoms with Gasteiger partial charge in [0.1, 0.15) is 7.11 Å². The van der Waals surface area contributed by atoms with Crippen molar-refractivity contribution in [2.75, 3.05) is 7.11 Å². The summed E-state index contributed by atoms with van der Waals surface area (Å²) in [4.78, 5) is 15.7. The number of alkyl halides is 1. The third-order valence-corrected chi connectivity index (χ3v) is 2.25. The minimum absolute atomic E-state index is 0.0652. The summed E-state index contributed by atoms with van der Waals surface area (Å²) < 4.78 is 0. The van der Waals surface area contributed by atoms with Crippen LogP contribution in [-0.2, 0) is 15.5 Å².